The fourth-order valence-corrected chi connectivity index (χ4v) is 6.72. The van der Waals surface area contributed by atoms with Gasteiger partial charge in [-0.1, -0.05) is 63.6 Å². The van der Waals surface area contributed by atoms with E-state index in [0.29, 0.717) is 24.9 Å². The molecule has 4 rings (SSSR count). The Balaban J connectivity index is 1.53. The van der Waals surface area contributed by atoms with Crippen molar-refractivity contribution in [3.8, 4) is 0 Å². The van der Waals surface area contributed by atoms with Crippen LogP contribution in [0.4, 0.5) is 5.82 Å². The van der Waals surface area contributed by atoms with E-state index in [9.17, 15) is 29.4 Å². The molecule has 0 bridgehead atoms. The Morgan fingerprint density at radius 2 is 1.66 bits per heavy atom. The molecule has 3 unspecified atom stereocenters. The third-order valence-electron chi connectivity index (χ3n) is 9.25. The highest BCUT2D eigenvalue weighted by molar-refractivity contribution is 6.74. The summed E-state index contributed by atoms with van der Waals surface area (Å²) in [5, 5.41) is 26.1. The smallest absolute Gasteiger partial charge is 0.351 e. The lowest BCUT2D eigenvalue weighted by atomic mass is 9.97. The number of hydrogen-bond acceptors (Lipinski definition) is 10. The number of hydrogen-bond donors (Lipinski definition) is 5. The predicted octanol–water partition coefficient (Wildman–Crippen LogP) is 3.98. The summed E-state index contributed by atoms with van der Waals surface area (Å²) in [4.78, 5) is 56.8. The van der Waals surface area contributed by atoms with Gasteiger partial charge in [0.2, 0.25) is 0 Å². The summed E-state index contributed by atoms with van der Waals surface area (Å²) >= 11 is 0. The molecule has 2 aromatic carbocycles. The molecule has 1 aliphatic heterocycles. The maximum atomic E-state index is 13.9. The molecule has 270 valence electrons. The van der Waals surface area contributed by atoms with Crippen molar-refractivity contribution in [2.24, 2.45) is 5.73 Å². The van der Waals surface area contributed by atoms with E-state index in [4.69, 9.17) is 14.9 Å². The van der Waals surface area contributed by atoms with Crippen LogP contribution in [0, 0.1) is 0 Å². The van der Waals surface area contributed by atoms with Crippen molar-refractivity contribution >= 4 is 31.7 Å². The van der Waals surface area contributed by atoms with Crippen LogP contribution < -0.4 is 22.1 Å². The van der Waals surface area contributed by atoms with E-state index in [1.165, 1.54) is 12.3 Å². The van der Waals surface area contributed by atoms with Gasteiger partial charge in [-0.2, -0.15) is 4.98 Å². The van der Waals surface area contributed by atoms with Crippen LogP contribution in [0.5, 0.6) is 0 Å². The number of benzene rings is 2. The molecule has 1 saturated heterocycles. The molecule has 50 heavy (non-hydrogen) atoms. The van der Waals surface area contributed by atoms with Gasteiger partial charge in [-0.25, -0.2) is 4.79 Å². The van der Waals surface area contributed by atoms with Gasteiger partial charge in [-0.3, -0.25) is 19.0 Å². The molecule has 13 nitrogen and oxygen atoms in total. The number of carbonyl (C=O) groups excluding carboxylic acids is 3. The Kier molecular flexibility index (Phi) is 13.0. The highest BCUT2D eigenvalue weighted by atomic mass is 28.4. The summed E-state index contributed by atoms with van der Waals surface area (Å²) in [5.41, 5.74) is 5.39. The number of ketones is 1. The van der Waals surface area contributed by atoms with Gasteiger partial charge in [0.25, 0.3) is 11.8 Å². The lowest BCUT2D eigenvalue weighted by Crippen LogP contribution is -2.49. The zero-order chi connectivity index (χ0) is 36.6. The second-order valence-electron chi connectivity index (χ2n) is 14.1. The lowest BCUT2D eigenvalue weighted by molar-refractivity contribution is -0.0396. The molecule has 3 aromatic rings. The fourth-order valence-electron chi connectivity index (χ4n) is 5.40. The maximum Gasteiger partial charge on any atom is 0.351 e. The second kappa shape index (κ2) is 16.8. The molecule has 1 fully saturated rings. The van der Waals surface area contributed by atoms with Gasteiger partial charge >= 0.3 is 5.69 Å². The van der Waals surface area contributed by atoms with Gasteiger partial charge in [0.1, 0.15) is 24.3 Å². The number of aliphatic hydroxyl groups excluding tert-OH is 2. The Bertz CT molecular complexity index is 1690. The Morgan fingerprint density at radius 3 is 2.30 bits per heavy atom. The van der Waals surface area contributed by atoms with E-state index < -0.39 is 56.6 Å². The number of ether oxygens (including phenoxy) is 1. The van der Waals surface area contributed by atoms with Crippen molar-refractivity contribution in [2.75, 3.05) is 11.9 Å². The summed E-state index contributed by atoms with van der Waals surface area (Å²) in [6.07, 6.45) is -1.56. The minimum absolute atomic E-state index is 0.0256. The summed E-state index contributed by atoms with van der Waals surface area (Å²) in [6.45, 7) is 10.6. The number of rotatable bonds is 15. The third-order valence-corrected chi connectivity index (χ3v) is 13.7. The normalized spacial score (nSPS) is 19.9. The summed E-state index contributed by atoms with van der Waals surface area (Å²) in [5.74, 6) is -1.20. The van der Waals surface area contributed by atoms with Crippen molar-refractivity contribution in [1.82, 2.24) is 14.9 Å². The Morgan fingerprint density at radius 1 is 1.00 bits per heavy atom. The maximum absolute atomic E-state index is 13.9. The third kappa shape index (κ3) is 9.80. The number of aromatic nitrogens is 2. The van der Waals surface area contributed by atoms with E-state index >= 15 is 0 Å². The highest BCUT2D eigenvalue weighted by Crippen LogP contribution is 2.42. The molecule has 6 N–H and O–H groups in total. The average Bonchev–Trinajstić information content (AvgIpc) is 3.35. The zero-order valence-corrected chi connectivity index (χ0v) is 30.3. The van der Waals surface area contributed by atoms with E-state index in [1.54, 1.807) is 54.6 Å². The number of unbranched alkanes of at least 4 members (excludes halogenated alkanes) is 2. The minimum Gasteiger partial charge on any atom is -0.408 e. The quantitative estimate of drug-likeness (QED) is 0.0667. The van der Waals surface area contributed by atoms with E-state index in [0.717, 1.165) is 17.4 Å². The van der Waals surface area contributed by atoms with Gasteiger partial charge in [-0.05, 0) is 61.7 Å². The highest BCUT2D eigenvalue weighted by Gasteiger charge is 2.51. The number of nitrogens with one attached hydrogen (secondary N) is 2. The monoisotopic (exact) mass is 707 g/mol. The van der Waals surface area contributed by atoms with Crippen LogP contribution in [0.15, 0.2) is 71.7 Å². The molecule has 2 amide bonds. The predicted molar refractivity (Wildman–Crippen MR) is 191 cm³/mol. The molecule has 0 radical (unpaired) electrons. The van der Waals surface area contributed by atoms with Gasteiger partial charge in [0.15, 0.2) is 20.3 Å². The average molecular weight is 708 g/mol. The van der Waals surface area contributed by atoms with Gasteiger partial charge in [0, 0.05) is 30.3 Å². The standard InChI is InChI=1S/C36H49N5O8Si/c1-36(2,3)50(4,5)49-31-27(22-26(42)24-16-11-12-17-25(24)33(46)38-20-13-7-10-18-28(37)43)48-34(30(31)44)41-21-19-29(40-35(41)47)39-32(45)23-14-8-6-9-15-23/h6,8-9,11-12,14-17,19,21,27-28,30-31,34,43-44H,7,10,13,18,20,22,37H2,1-5H3,(H,38,46)(H,39,40,45,47)/t27-,28?,30?,31?,34-/m1/s1. The van der Waals surface area contributed by atoms with Crippen LogP contribution in [-0.2, 0) is 9.16 Å². The number of aliphatic hydroxyl groups is 2. The van der Waals surface area contributed by atoms with Gasteiger partial charge < -0.3 is 35.7 Å². The van der Waals surface area contributed by atoms with E-state index in [-0.39, 0.29) is 34.2 Å². The largest absolute Gasteiger partial charge is 0.408 e. The molecule has 1 aromatic heterocycles. The molecule has 0 spiro atoms. The summed E-state index contributed by atoms with van der Waals surface area (Å²) in [7, 11) is -2.53. The molecule has 1 aliphatic rings. The fraction of sp³-hybridized carbons (Fsp3) is 0.472. The van der Waals surface area contributed by atoms with Crippen molar-refractivity contribution < 1.29 is 33.8 Å². The van der Waals surface area contributed by atoms with E-state index in [2.05, 4.69) is 15.6 Å². The van der Waals surface area contributed by atoms with Gasteiger partial charge in [-0.15, -0.1) is 0 Å². The number of anilines is 1. The molecule has 5 atom stereocenters. The number of nitrogens with two attached hydrogens (primary N) is 1. The van der Waals surface area contributed by atoms with Crippen LogP contribution in [0.25, 0.3) is 0 Å². The number of nitrogens with zero attached hydrogens (tertiary/aromatic N) is 2. The van der Waals surface area contributed by atoms with Crippen molar-refractivity contribution in [1.29, 1.82) is 0 Å². The Hall–Kier alpha value is -4.05. The molecule has 0 aliphatic carbocycles. The molecule has 0 saturated carbocycles. The first-order valence-electron chi connectivity index (χ1n) is 16.9. The molecule has 2 heterocycles. The van der Waals surface area contributed by atoms with Crippen molar-refractivity contribution in [3.05, 3.63) is 94.0 Å². The topological polar surface area (TPSA) is 195 Å². The van der Waals surface area contributed by atoms with E-state index in [1.807, 2.05) is 33.9 Å². The number of Topliss-reactive ketones (excluding diaryl/α,β-unsaturated/α-hetero) is 1. The summed E-state index contributed by atoms with van der Waals surface area (Å²) in [6, 6.07) is 16.4. The van der Waals surface area contributed by atoms with Crippen molar-refractivity contribution in [3.63, 3.8) is 0 Å². The summed E-state index contributed by atoms with van der Waals surface area (Å²) < 4.78 is 14.0. The molecule has 14 heteroatoms. The second-order valence-corrected chi connectivity index (χ2v) is 18.8. The van der Waals surface area contributed by atoms with Crippen LogP contribution >= 0.6 is 0 Å². The zero-order valence-electron chi connectivity index (χ0n) is 29.3. The first-order valence-corrected chi connectivity index (χ1v) is 19.8. The Labute approximate surface area is 293 Å². The van der Waals surface area contributed by atoms with Gasteiger partial charge in [0.05, 0.1) is 11.7 Å². The van der Waals surface area contributed by atoms with Crippen LogP contribution in [-0.4, -0.2) is 76.8 Å². The van der Waals surface area contributed by atoms with Crippen LogP contribution in [0.3, 0.4) is 0 Å². The van der Waals surface area contributed by atoms with Crippen LogP contribution in [0.1, 0.15) is 90.2 Å². The lowest BCUT2D eigenvalue weighted by Gasteiger charge is -2.40. The molecular formula is C36H49N5O8Si. The minimum atomic E-state index is -2.53. The molecular weight excluding hydrogens is 659 g/mol. The number of amides is 2. The van der Waals surface area contributed by atoms with Crippen molar-refractivity contribution in [2.45, 2.75) is 102 Å². The first kappa shape index (κ1) is 38.7. The number of carbonyl (C=O) groups is 3. The SMILES string of the molecule is CC(C)(C)[Si](C)(C)OC1C(O)[C@H](n2ccc(NC(=O)c3ccccc3)nc2=O)O[C@@H]1CC(=O)c1ccccc1C(=O)NCCCCCC(N)O. The van der Waals surface area contributed by atoms with Crippen LogP contribution in [0.2, 0.25) is 18.1 Å². The first-order chi connectivity index (χ1) is 23.6.